The number of rotatable bonds is 1. The van der Waals surface area contributed by atoms with Crippen LogP contribution in [-0.4, -0.2) is 37.8 Å². The maximum absolute atomic E-state index is 10.9. The molecule has 4 amide bonds. The Bertz CT molecular complexity index is 364. The molecule has 1 rings (SSSR count). The lowest BCUT2D eigenvalue weighted by molar-refractivity contribution is -0.129. The first kappa shape index (κ1) is 9.65. The summed E-state index contributed by atoms with van der Waals surface area (Å²) in [5.41, 5.74) is 0. The number of imide groups is 2. The summed E-state index contributed by atoms with van der Waals surface area (Å²) in [6.45, 7) is 0. The standard InChI is InChI=1S/C5H6N2O5S/c1-13(11,12)2-3(8)6-5(10)7-4(2)9/h2H,1H3,(H2,6,7,8,9,10). The lowest BCUT2D eigenvalue weighted by atomic mass is 10.3. The molecule has 0 spiro atoms. The molecule has 1 saturated heterocycles. The molecule has 13 heavy (non-hydrogen) atoms. The third-order valence-corrected chi connectivity index (χ3v) is 2.66. The molecule has 0 aromatic rings. The van der Waals surface area contributed by atoms with Crippen molar-refractivity contribution in [3.05, 3.63) is 0 Å². The van der Waals surface area contributed by atoms with E-state index in [1.807, 2.05) is 0 Å². The number of carbonyl (C=O) groups excluding carboxylic acids is 3. The quantitative estimate of drug-likeness (QED) is 0.471. The number of barbiturate groups is 1. The van der Waals surface area contributed by atoms with Crippen LogP contribution in [0.2, 0.25) is 0 Å². The molecule has 2 N–H and O–H groups in total. The Balaban J connectivity index is 3.06. The van der Waals surface area contributed by atoms with Crippen LogP contribution >= 0.6 is 0 Å². The molecule has 0 saturated carbocycles. The minimum atomic E-state index is -3.82. The predicted octanol–water partition coefficient (Wildman–Crippen LogP) is -2.23. The Morgan fingerprint density at radius 2 is 1.46 bits per heavy atom. The highest BCUT2D eigenvalue weighted by Crippen LogP contribution is 2.02. The van der Waals surface area contributed by atoms with Gasteiger partial charge in [0.2, 0.25) is 5.25 Å². The Labute approximate surface area is 73.4 Å². The van der Waals surface area contributed by atoms with Crippen molar-refractivity contribution in [1.29, 1.82) is 0 Å². The van der Waals surface area contributed by atoms with Gasteiger partial charge in [0.1, 0.15) is 0 Å². The fourth-order valence-electron chi connectivity index (χ4n) is 0.894. The second kappa shape index (κ2) is 2.80. The van der Waals surface area contributed by atoms with Gasteiger partial charge < -0.3 is 0 Å². The van der Waals surface area contributed by atoms with Crippen LogP contribution in [0.3, 0.4) is 0 Å². The van der Waals surface area contributed by atoms with Crippen LogP contribution in [-0.2, 0) is 19.4 Å². The molecule has 0 radical (unpaired) electrons. The van der Waals surface area contributed by atoms with Crippen LogP contribution in [0.4, 0.5) is 4.79 Å². The van der Waals surface area contributed by atoms with Crippen molar-refractivity contribution >= 4 is 27.7 Å². The zero-order chi connectivity index (χ0) is 10.2. The van der Waals surface area contributed by atoms with Crippen molar-refractivity contribution in [1.82, 2.24) is 10.6 Å². The molecule has 0 atom stereocenters. The summed E-state index contributed by atoms with van der Waals surface area (Å²) in [4.78, 5) is 32.3. The van der Waals surface area contributed by atoms with Gasteiger partial charge in [-0.05, 0) is 0 Å². The average Bonchev–Trinajstić information content (AvgIpc) is 1.78. The minimum Gasteiger partial charge on any atom is -0.276 e. The van der Waals surface area contributed by atoms with Gasteiger partial charge in [0.15, 0.2) is 9.84 Å². The Kier molecular flexibility index (Phi) is 2.08. The minimum absolute atomic E-state index is 0.743. The summed E-state index contributed by atoms with van der Waals surface area (Å²) in [7, 11) is -3.82. The Morgan fingerprint density at radius 3 is 1.77 bits per heavy atom. The highest BCUT2D eigenvalue weighted by atomic mass is 32.2. The zero-order valence-electron chi connectivity index (χ0n) is 6.53. The predicted molar refractivity (Wildman–Crippen MR) is 40.3 cm³/mol. The van der Waals surface area contributed by atoms with Gasteiger partial charge in [-0.3, -0.25) is 20.2 Å². The van der Waals surface area contributed by atoms with Crippen molar-refractivity contribution in [3.8, 4) is 0 Å². The third-order valence-electron chi connectivity index (χ3n) is 1.38. The molecule has 0 unspecified atom stereocenters. The lowest BCUT2D eigenvalue weighted by Crippen LogP contribution is -2.60. The molecule has 72 valence electrons. The highest BCUT2D eigenvalue weighted by molar-refractivity contribution is 7.92. The van der Waals surface area contributed by atoms with Crippen LogP contribution in [0.1, 0.15) is 0 Å². The topological polar surface area (TPSA) is 109 Å². The molecule has 0 aromatic carbocycles. The van der Waals surface area contributed by atoms with Crippen molar-refractivity contribution < 1.29 is 22.8 Å². The number of hydrogen-bond acceptors (Lipinski definition) is 5. The number of nitrogens with one attached hydrogen (secondary N) is 2. The second-order valence-corrected chi connectivity index (χ2v) is 4.65. The maximum atomic E-state index is 10.9. The van der Waals surface area contributed by atoms with Gasteiger partial charge in [-0.25, -0.2) is 13.2 Å². The zero-order valence-corrected chi connectivity index (χ0v) is 7.34. The molecule has 1 fully saturated rings. The first-order valence-corrected chi connectivity index (χ1v) is 5.12. The van der Waals surface area contributed by atoms with E-state index in [2.05, 4.69) is 0 Å². The molecular formula is C5H6N2O5S. The van der Waals surface area contributed by atoms with E-state index < -0.39 is 32.9 Å². The van der Waals surface area contributed by atoms with Crippen LogP contribution in [0.15, 0.2) is 0 Å². The van der Waals surface area contributed by atoms with Gasteiger partial charge >= 0.3 is 6.03 Å². The second-order valence-electron chi connectivity index (χ2n) is 2.52. The van der Waals surface area contributed by atoms with E-state index in [1.54, 1.807) is 10.6 Å². The molecule has 0 aliphatic carbocycles. The van der Waals surface area contributed by atoms with E-state index in [0.717, 1.165) is 6.26 Å². The largest absolute Gasteiger partial charge is 0.328 e. The number of sulfone groups is 1. The summed E-state index contributed by atoms with van der Waals surface area (Å²) in [5, 5.41) is 1.53. The number of amides is 4. The van der Waals surface area contributed by atoms with E-state index in [-0.39, 0.29) is 0 Å². The van der Waals surface area contributed by atoms with Crippen LogP contribution in [0.5, 0.6) is 0 Å². The van der Waals surface area contributed by atoms with Crippen LogP contribution in [0, 0.1) is 0 Å². The number of hydrogen-bond donors (Lipinski definition) is 2. The lowest BCUT2D eigenvalue weighted by Gasteiger charge is -2.18. The fraction of sp³-hybridized carbons (Fsp3) is 0.400. The van der Waals surface area contributed by atoms with Gasteiger partial charge in [0.05, 0.1) is 0 Å². The van der Waals surface area contributed by atoms with E-state index >= 15 is 0 Å². The summed E-state index contributed by atoms with van der Waals surface area (Å²) in [6, 6.07) is -1.00. The third kappa shape index (κ3) is 1.83. The molecule has 7 nitrogen and oxygen atoms in total. The monoisotopic (exact) mass is 206 g/mol. The summed E-state index contributed by atoms with van der Waals surface area (Å²) < 4.78 is 21.8. The number of carbonyl (C=O) groups is 3. The van der Waals surface area contributed by atoms with Crippen molar-refractivity contribution in [2.24, 2.45) is 0 Å². The SMILES string of the molecule is CS(=O)(=O)C1C(=O)NC(=O)NC1=O. The average molecular weight is 206 g/mol. The normalized spacial score (nSPS) is 19.6. The van der Waals surface area contributed by atoms with Crippen LogP contribution < -0.4 is 10.6 Å². The first-order chi connectivity index (χ1) is 5.82. The fourth-order valence-corrected chi connectivity index (χ4v) is 1.79. The van der Waals surface area contributed by atoms with Gasteiger partial charge in [-0.15, -0.1) is 0 Å². The molecule has 0 bridgehead atoms. The molecule has 1 heterocycles. The van der Waals surface area contributed by atoms with Gasteiger partial charge in [-0.1, -0.05) is 0 Å². The van der Waals surface area contributed by atoms with Crippen LogP contribution in [0.25, 0.3) is 0 Å². The molecule has 1 aliphatic heterocycles. The molecule has 1 aliphatic rings. The Hall–Kier alpha value is -1.44. The van der Waals surface area contributed by atoms with Gasteiger partial charge in [-0.2, -0.15) is 0 Å². The van der Waals surface area contributed by atoms with Crippen molar-refractivity contribution in [2.75, 3.05) is 6.26 Å². The first-order valence-electron chi connectivity index (χ1n) is 3.17. The van der Waals surface area contributed by atoms with E-state index in [1.165, 1.54) is 0 Å². The van der Waals surface area contributed by atoms with Gasteiger partial charge in [0, 0.05) is 6.26 Å². The maximum Gasteiger partial charge on any atom is 0.328 e. The molecule has 8 heteroatoms. The van der Waals surface area contributed by atoms with Gasteiger partial charge in [0.25, 0.3) is 11.8 Å². The highest BCUT2D eigenvalue weighted by Gasteiger charge is 2.41. The summed E-state index contributed by atoms with van der Waals surface area (Å²) >= 11 is 0. The van der Waals surface area contributed by atoms with Crippen molar-refractivity contribution in [3.63, 3.8) is 0 Å². The summed E-state index contributed by atoms with van der Waals surface area (Å²) in [6.07, 6.45) is 0.743. The number of urea groups is 1. The Morgan fingerprint density at radius 1 is 1.08 bits per heavy atom. The van der Waals surface area contributed by atoms with E-state index in [0.29, 0.717) is 0 Å². The van der Waals surface area contributed by atoms with E-state index in [9.17, 15) is 22.8 Å². The molecular weight excluding hydrogens is 200 g/mol. The smallest absolute Gasteiger partial charge is 0.276 e. The molecule has 0 aromatic heterocycles. The summed E-state index contributed by atoms with van der Waals surface area (Å²) in [5.74, 6) is -2.23. The van der Waals surface area contributed by atoms with E-state index in [4.69, 9.17) is 0 Å². The van der Waals surface area contributed by atoms with Crippen molar-refractivity contribution in [2.45, 2.75) is 5.25 Å².